The van der Waals surface area contributed by atoms with Gasteiger partial charge in [-0.2, -0.15) is 0 Å². The fraction of sp³-hybridized carbons (Fsp3) is 0.286. The third-order valence-electron chi connectivity index (χ3n) is 4.06. The van der Waals surface area contributed by atoms with Gasteiger partial charge in [-0.25, -0.2) is 0 Å². The van der Waals surface area contributed by atoms with E-state index >= 15 is 0 Å². The molecule has 0 heterocycles. The topological polar surface area (TPSA) is 20.3 Å². The summed E-state index contributed by atoms with van der Waals surface area (Å²) in [7, 11) is 3.60. The molecule has 0 aliphatic rings. The number of hydrogen-bond acceptors (Lipinski definition) is 1. The lowest BCUT2D eigenvalue weighted by Crippen LogP contribution is -2.21. The Bertz CT molecular complexity index is 693. The van der Waals surface area contributed by atoms with Crippen molar-refractivity contribution in [3.63, 3.8) is 0 Å². The Balaban J connectivity index is 2.11. The van der Waals surface area contributed by atoms with E-state index in [-0.39, 0.29) is 5.91 Å². The van der Waals surface area contributed by atoms with Gasteiger partial charge in [0.2, 0.25) is 5.91 Å². The minimum atomic E-state index is 0.168. The molecule has 23 heavy (non-hydrogen) atoms. The Labute approximate surface area is 139 Å². The second-order valence-corrected chi connectivity index (χ2v) is 6.17. The zero-order valence-corrected chi connectivity index (χ0v) is 14.5. The first-order valence-corrected chi connectivity index (χ1v) is 8.01. The normalized spacial score (nSPS) is 11.0. The highest BCUT2D eigenvalue weighted by atomic mass is 16.2. The molecule has 2 heteroatoms. The van der Waals surface area contributed by atoms with Gasteiger partial charge in [0.1, 0.15) is 0 Å². The maximum absolute atomic E-state index is 11.7. The quantitative estimate of drug-likeness (QED) is 0.745. The van der Waals surface area contributed by atoms with Crippen molar-refractivity contribution in [2.75, 3.05) is 14.1 Å². The van der Waals surface area contributed by atoms with E-state index in [1.807, 2.05) is 0 Å². The molecule has 0 bridgehead atoms. The molecule has 0 saturated carbocycles. The zero-order valence-electron chi connectivity index (χ0n) is 14.5. The number of carbonyl (C=O) groups is 1. The lowest BCUT2D eigenvalue weighted by Gasteiger charge is -2.10. The van der Waals surface area contributed by atoms with Crippen LogP contribution in [-0.4, -0.2) is 24.9 Å². The third kappa shape index (κ3) is 4.82. The number of rotatable bonds is 5. The van der Waals surface area contributed by atoms with Crippen molar-refractivity contribution < 1.29 is 4.79 Å². The number of aryl methyl sites for hydroxylation is 3. The lowest BCUT2D eigenvalue weighted by atomic mass is 10.0. The van der Waals surface area contributed by atoms with Gasteiger partial charge >= 0.3 is 0 Å². The monoisotopic (exact) mass is 307 g/mol. The molecular weight excluding hydrogens is 282 g/mol. The molecule has 2 aromatic carbocycles. The molecule has 0 spiro atoms. The molecule has 120 valence electrons. The van der Waals surface area contributed by atoms with Crippen molar-refractivity contribution in [3.8, 4) is 0 Å². The second kappa shape index (κ2) is 7.77. The summed E-state index contributed by atoms with van der Waals surface area (Å²) < 4.78 is 0. The standard InChI is InChI=1S/C21H25NO/c1-16-7-5-8-17(2)20(16)13-11-18-9-6-10-19(15-18)12-14-21(23)22(3)4/h5-11,13,15H,12,14H2,1-4H3. The van der Waals surface area contributed by atoms with Crippen LogP contribution in [0.3, 0.4) is 0 Å². The minimum absolute atomic E-state index is 0.168. The molecule has 0 radical (unpaired) electrons. The van der Waals surface area contributed by atoms with Crippen LogP contribution in [0, 0.1) is 13.8 Å². The van der Waals surface area contributed by atoms with E-state index < -0.39 is 0 Å². The van der Waals surface area contributed by atoms with Crippen LogP contribution in [-0.2, 0) is 11.2 Å². The van der Waals surface area contributed by atoms with Gasteiger partial charge in [0, 0.05) is 20.5 Å². The molecule has 0 atom stereocenters. The lowest BCUT2D eigenvalue weighted by molar-refractivity contribution is -0.128. The fourth-order valence-electron chi connectivity index (χ4n) is 2.60. The highest BCUT2D eigenvalue weighted by Crippen LogP contribution is 2.17. The second-order valence-electron chi connectivity index (χ2n) is 6.17. The molecule has 0 aliphatic heterocycles. The van der Waals surface area contributed by atoms with E-state index in [0.29, 0.717) is 6.42 Å². The third-order valence-corrected chi connectivity index (χ3v) is 4.06. The van der Waals surface area contributed by atoms with Crippen LogP contribution < -0.4 is 0 Å². The van der Waals surface area contributed by atoms with E-state index in [9.17, 15) is 4.79 Å². The largest absolute Gasteiger partial charge is 0.349 e. The average molecular weight is 307 g/mol. The molecule has 2 nitrogen and oxygen atoms in total. The summed E-state index contributed by atoms with van der Waals surface area (Å²) >= 11 is 0. The predicted molar refractivity (Wildman–Crippen MR) is 98.3 cm³/mol. The highest BCUT2D eigenvalue weighted by molar-refractivity contribution is 5.76. The first-order chi connectivity index (χ1) is 11.0. The smallest absolute Gasteiger partial charge is 0.222 e. The molecule has 0 aromatic heterocycles. The number of benzene rings is 2. The molecule has 0 fully saturated rings. The van der Waals surface area contributed by atoms with Crippen LogP contribution in [0.1, 0.15) is 34.2 Å². The minimum Gasteiger partial charge on any atom is -0.349 e. The van der Waals surface area contributed by atoms with Gasteiger partial charge in [0.05, 0.1) is 0 Å². The molecule has 1 amide bonds. The number of nitrogens with zero attached hydrogens (tertiary/aromatic N) is 1. The molecule has 0 saturated heterocycles. The molecule has 2 rings (SSSR count). The van der Waals surface area contributed by atoms with Crippen LogP contribution in [0.15, 0.2) is 42.5 Å². The van der Waals surface area contributed by atoms with E-state index in [0.717, 1.165) is 6.42 Å². The predicted octanol–water partition coefficient (Wildman–Crippen LogP) is 4.49. The summed E-state index contributed by atoms with van der Waals surface area (Å²) in [5.74, 6) is 0.168. The maximum Gasteiger partial charge on any atom is 0.222 e. The number of amides is 1. The number of carbonyl (C=O) groups excluding carboxylic acids is 1. The molecule has 2 aromatic rings. The van der Waals surface area contributed by atoms with Gasteiger partial charge in [-0.3, -0.25) is 4.79 Å². The maximum atomic E-state index is 11.7. The van der Waals surface area contributed by atoms with Crippen LogP contribution in [0.5, 0.6) is 0 Å². The summed E-state index contributed by atoms with van der Waals surface area (Å²) in [5.41, 5.74) is 6.22. The zero-order chi connectivity index (χ0) is 16.8. The Morgan fingerprint density at radius 3 is 2.30 bits per heavy atom. The summed E-state index contributed by atoms with van der Waals surface area (Å²) in [6, 6.07) is 14.8. The van der Waals surface area contributed by atoms with Crippen molar-refractivity contribution >= 4 is 18.1 Å². The van der Waals surface area contributed by atoms with E-state index in [1.54, 1.807) is 19.0 Å². The fourth-order valence-corrected chi connectivity index (χ4v) is 2.60. The van der Waals surface area contributed by atoms with Crippen molar-refractivity contribution in [1.82, 2.24) is 4.90 Å². The Kier molecular flexibility index (Phi) is 5.75. The molecule has 0 aliphatic carbocycles. The summed E-state index contributed by atoms with van der Waals surface area (Å²) in [6.45, 7) is 4.27. The van der Waals surface area contributed by atoms with E-state index in [4.69, 9.17) is 0 Å². The van der Waals surface area contributed by atoms with Crippen LogP contribution in [0.4, 0.5) is 0 Å². The Morgan fingerprint density at radius 2 is 1.65 bits per heavy atom. The molecular formula is C21H25NO. The Hall–Kier alpha value is -2.35. The van der Waals surface area contributed by atoms with E-state index in [2.05, 4.69) is 68.5 Å². The van der Waals surface area contributed by atoms with Crippen molar-refractivity contribution in [2.45, 2.75) is 26.7 Å². The summed E-state index contributed by atoms with van der Waals surface area (Å²) in [6.07, 6.45) is 5.65. The van der Waals surface area contributed by atoms with Crippen molar-refractivity contribution in [1.29, 1.82) is 0 Å². The van der Waals surface area contributed by atoms with Gasteiger partial charge in [-0.05, 0) is 48.1 Å². The first kappa shape index (κ1) is 17.0. The van der Waals surface area contributed by atoms with E-state index in [1.165, 1.54) is 27.8 Å². The SMILES string of the molecule is Cc1cccc(C)c1C=Cc1cccc(CCC(=O)N(C)C)c1. The van der Waals surface area contributed by atoms with Gasteiger partial charge in [-0.1, -0.05) is 54.6 Å². The van der Waals surface area contributed by atoms with Crippen LogP contribution >= 0.6 is 0 Å². The van der Waals surface area contributed by atoms with Crippen LogP contribution in [0.2, 0.25) is 0 Å². The van der Waals surface area contributed by atoms with Gasteiger partial charge in [-0.15, -0.1) is 0 Å². The van der Waals surface area contributed by atoms with Crippen LogP contribution in [0.25, 0.3) is 12.2 Å². The molecule has 0 unspecified atom stereocenters. The summed E-state index contributed by atoms with van der Waals surface area (Å²) in [4.78, 5) is 13.3. The average Bonchev–Trinajstić information content (AvgIpc) is 2.52. The molecule has 0 N–H and O–H groups in total. The van der Waals surface area contributed by atoms with Gasteiger partial charge < -0.3 is 4.90 Å². The first-order valence-electron chi connectivity index (χ1n) is 8.01. The van der Waals surface area contributed by atoms with Gasteiger partial charge in [0.25, 0.3) is 0 Å². The summed E-state index contributed by atoms with van der Waals surface area (Å²) in [5, 5.41) is 0. The highest BCUT2D eigenvalue weighted by Gasteiger charge is 2.04. The van der Waals surface area contributed by atoms with Crippen molar-refractivity contribution in [3.05, 3.63) is 70.3 Å². The Morgan fingerprint density at radius 1 is 1.00 bits per heavy atom. The van der Waals surface area contributed by atoms with Crippen molar-refractivity contribution in [2.24, 2.45) is 0 Å². The number of hydrogen-bond donors (Lipinski definition) is 0. The van der Waals surface area contributed by atoms with Gasteiger partial charge in [0.15, 0.2) is 0 Å².